The van der Waals surface area contributed by atoms with Crippen LogP contribution in [-0.2, 0) is 33.3 Å². The van der Waals surface area contributed by atoms with Crippen LogP contribution in [0.3, 0.4) is 0 Å². The third-order valence-electron chi connectivity index (χ3n) is 11.1. The molecule has 0 N–H and O–H groups in total. The molecule has 1 saturated carbocycles. The van der Waals surface area contributed by atoms with Crippen molar-refractivity contribution in [1.29, 1.82) is 0 Å². The Morgan fingerprint density at radius 2 is 1.62 bits per heavy atom. The molecule has 4 aliphatic rings. The molecule has 7 heteroatoms. The molecule has 2 saturated heterocycles. The van der Waals surface area contributed by atoms with Gasteiger partial charge in [-0.25, -0.2) is 4.79 Å². The van der Waals surface area contributed by atoms with Crippen molar-refractivity contribution in [2.24, 2.45) is 35.0 Å². The lowest BCUT2D eigenvalue weighted by molar-refractivity contribution is -0.188. The third-order valence-corrected chi connectivity index (χ3v) is 11.1. The highest BCUT2D eigenvalue weighted by molar-refractivity contribution is 5.88. The predicted octanol–water partition coefficient (Wildman–Crippen LogP) is 6.17. The maximum absolute atomic E-state index is 13.1. The van der Waals surface area contributed by atoms with Crippen LogP contribution >= 0.6 is 0 Å². The number of rotatable bonds is 7. The van der Waals surface area contributed by atoms with Crippen molar-refractivity contribution in [3.8, 4) is 0 Å². The van der Waals surface area contributed by atoms with E-state index in [1.165, 1.54) is 0 Å². The normalized spacial score (nSPS) is 46.5. The lowest BCUT2D eigenvalue weighted by Gasteiger charge is -2.59. The van der Waals surface area contributed by atoms with Crippen LogP contribution < -0.4 is 0 Å². The summed E-state index contributed by atoms with van der Waals surface area (Å²) in [6, 6.07) is 0. The van der Waals surface area contributed by atoms with Crippen molar-refractivity contribution in [2.45, 2.75) is 137 Å². The summed E-state index contributed by atoms with van der Waals surface area (Å²) >= 11 is 0. The molecule has 11 atom stereocenters. The summed E-state index contributed by atoms with van der Waals surface area (Å²) in [6.45, 7) is 19.1. The fraction of sp³-hybridized carbons (Fsp3) is 0.844. The Kier molecular flexibility index (Phi) is 8.35. The highest BCUT2D eigenvalue weighted by Crippen LogP contribution is 2.68. The Morgan fingerprint density at radius 3 is 2.23 bits per heavy atom. The first-order valence-electron chi connectivity index (χ1n) is 15.2. The van der Waals surface area contributed by atoms with Crippen LogP contribution in [0, 0.1) is 35.0 Å². The van der Waals surface area contributed by atoms with Gasteiger partial charge in [0.2, 0.25) is 0 Å². The van der Waals surface area contributed by atoms with Gasteiger partial charge in [0, 0.05) is 19.3 Å². The Hall–Kier alpha value is -1.89. The van der Waals surface area contributed by atoms with Gasteiger partial charge in [-0.3, -0.25) is 9.59 Å². The van der Waals surface area contributed by atoms with Crippen LogP contribution in [0.25, 0.3) is 0 Å². The lowest BCUT2D eigenvalue weighted by Crippen LogP contribution is -2.59. The Morgan fingerprint density at radius 1 is 0.974 bits per heavy atom. The van der Waals surface area contributed by atoms with Gasteiger partial charge in [-0.05, 0) is 74.2 Å². The molecule has 1 spiro atoms. The minimum Gasteiger partial charge on any atom is -0.462 e. The molecule has 0 unspecified atom stereocenters. The van der Waals surface area contributed by atoms with Crippen LogP contribution in [-0.4, -0.2) is 47.4 Å². The average molecular weight is 547 g/mol. The summed E-state index contributed by atoms with van der Waals surface area (Å²) in [5.74, 6) is -0.458. The van der Waals surface area contributed by atoms with Crippen LogP contribution in [0.5, 0.6) is 0 Å². The molecule has 0 aromatic heterocycles. The molecule has 2 heterocycles. The second-order valence-corrected chi connectivity index (χ2v) is 13.3. The van der Waals surface area contributed by atoms with Crippen molar-refractivity contribution >= 4 is 17.9 Å². The van der Waals surface area contributed by atoms with E-state index in [-0.39, 0.29) is 65.1 Å². The molecule has 4 rings (SSSR count). The van der Waals surface area contributed by atoms with Gasteiger partial charge in [0.25, 0.3) is 0 Å². The number of carbonyl (C=O) groups excluding carboxylic acids is 3. The van der Waals surface area contributed by atoms with E-state index in [1.54, 1.807) is 0 Å². The minimum absolute atomic E-state index is 0.0184. The van der Waals surface area contributed by atoms with E-state index in [0.29, 0.717) is 19.3 Å². The van der Waals surface area contributed by atoms with E-state index >= 15 is 0 Å². The van der Waals surface area contributed by atoms with E-state index in [2.05, 4.69) is 41.5 Å². The number of esters is 3. The van der Waals surface area contributed by atoms with Crippen LogP contribution in [0.4, 0.5) is 0 Å². The molecule has 0 aromatic carbocycles. The molecule has 2 aliphatic heterocycles. The maximum atomic E-state index is 13.1. The second-order valence-electron chi connectivity index (χ2n) is 13.3. The zero-order chi connectivity index (χ0) is 28.9. The molecule has 7 nitrogen and oxygen atoms in total. The maximum Gasteiger partial charge on any atom is 0.342 e. The monoisotopic (exact) mass is 546 g/mol. The highest BCUT2D eigenvalue weighted by atomic mass is 16.7. The predicted molar refractivity (Wildman–Crippen MR) is 148 cm³/mol. The minimum atomic E-state index is -0.988. The summed E-state index contributed by atoms with van der Waals surface area (Å²) in [5, 5.41) is 0. The number of hydrogen-bond acceptors (Lipinski definition) is 7. The van der Waals surface area contributed by atoms with Crippen LogP contribution in [0.1, 0.15) is 107 Å². The molecular formula is C32H50O7. The summed E-state index contributed by atoms with van der Waals surface area (Å²) in [4.78, 5) is 38.6. The Bertz CT molecular complexity index is 1000. The summed E-state index contributed by atoms with van der Waals surface area (Å²) in [5.41, 5.74) is -1.01. The first-order valence-corrected chi connectivity index (χ1v) is 15.2. The van der Waals surface area contributed by atoms with E-state index in [4.69, 9.17) is 18.9 Å². The quantitative estimate of drug-likeness (QED) is 0.163. The third kappa shape index (κ3) is 4.74. The topological polar surface area (TPSA) is 91.4 Å². The standard InChI is InChI=1S/C32H50O7/c1-10-12-14-27(34)36-23-17-19(4)30(8)21(6)24(37-26(33)13-11-2)15-18(3)16-25-32(22(7)28(30)20(23)5)31(9,39-32)29(35)38-25/h16,19-25,28H,10-15,17H2,1-9H3/b18-16-/t19-,20-,21-,22-,23-,24-,25-,28+,30+,31-,32+/m0/s1. The van der Waals surface area contributed by atoms with Crippen molar-refractivity contribution in [1.82, 2.24) is 0 Å². The van der Waals surface area contributed by atoms with Crippen molar-refractivity contribution < 1.29 is 33.3 Å². The largest absolute Gasteiger partial charge is 0.462 e. The van der Waals surface area contributed by atoms with Crippen molar-refractivity contribution in [2.75, 3.05) is 0 Å². The van der Waals surface area contributed by atoms with Crippen LogP contribution in [0.2, 0.25) is 0 Å². The van der Waals surface area contributed by atoms with Gasteiger partial charge in [-0.2, -0.15) is 0 Å². The highest BCUT2D eigenvalue weighted by Gasteiger charge is 2.84. The fourth-order valence-electron chi connectivity index (χ4n) is 8.56. The van der Waals surface area contributed by atoms with Gasteiger partial charge in [0.15, 0.2) is 17.3 Å². The molecule has 0 amide bonds. The van der Waals surface area contributed by atoms with Gasteiger partial charge < -0.3 is 18.9 Å². The number of unbranched alkanes of at least 4 members (excludes halogenated alkanes) is 1. The molecule has 0 aromatic rings. The van der Waals surface area contributed by atoms with E-state index in [1.807, 2.05) is 26.8 Å². The molecular weight excluding hydrogens is 496 g/mol. The summed E-state index contributed by atoms with van der Waals surface area (Å²) in [6.07, 6.45) is 5.61. The number of fused-ring (bicyclic) bond motifs is 1. The van der Waals surface area contributed by atoms with E-state index in [9.17, 15) is 14.4 Å². The first kappa shape index (κ1) is 30.1. The van der Waals surface area contributed by atoms with Gasteiger partial charge in [-0.15, -0.1) is 0 Å². The zero-order valence-corrected chi connectivity index (χ0v) is 25.5. The van der Waals surface area contributed by atoms with Gasteiger partial charge in [0.1, 0.15) is 12.2 Å². The van der Waals surface area contributed by atoms with Gasteiger partial charge in [-0.1, -0.05) is 60.5 Å². The van der Waals surface area contributed by atoms with Crippen molar-refractivity contribution in [3.63, 3.8) is 0 Å². The number of carbonyl (C=O) groups is 3. The zero-order valence-electron chi connectivity index (χ0n) is 25.5. The first-order chi connectivity index (χ1) is 18.3. The fourth-order valence-corrected chi connectivity index (χ4v) is 8.56. The number of hydrogen-bond donors (Lipinski definition) is 0. The smallest absolute Gasteiger partial charge is 0.342 e. The van der Waals surface area contributed by atoms with E-state index in [0.717, 1.165) is 31.3 Å². The van der Waals surface area contributed by atoms with Gasteiger partial charge >= 0.3 is 17.9 Å². The average Bonchev–Trinajstić information content (AvgIpc) is 3.46. The number of ether oxygens (including phenoxy) is 4. The molecule has 3 fully saturated rings. The lowest BCUT2D eigenvalue weighted by atomic mass is 9.47. The SMILES string of the molecule is CCCCC(=O)O[C@H]1C[C@H](C)[C@@]2(C)[C@H]([C@H]1C)[C@H](C)[C@]13O[C@@]1(C)C(=O)O[C@H]3/C=C(/C)C[C@H](OC(=O)CCC)[C@@H]2C. The molecule has 39 heavy (non-hydrogen) atoms. The second kappa shape index (κ2) is 10.8. The Balaban J connectivity index is 1.80. The van der Waals surface area contributed by atoms with Crippen molar-refractivity contribution in [3.05, 3.63) is 11.6 Å². The molecule has 0 bridgehead atoms. The number of epoxide rings is 1. The molecule has 220 valence electrons. The van der Waals surface area contributed by atoms with Crippen LogP contribution in [0.15, 0.2) is 11.6 Å². The summed E-state index contributed by atoms with van der Waals surface area (Å²) < 4.78 is 24.7. The molecule has 2 aliphatic carbocycles. The summed E-state index contributed by atoms with van der Waals surface area (Å²) in [7, 11) is 0. The Labute approximate surface area is 234 Å². The van der Waals surface area contributed by atoms with E-state index < -0.39 is 17.3 Å². The van der Waals surface area contributed by atoms with Gasteiger partial charge in [0.05, 0.1) is 0 Å². The molecule has 0 radical (unpaired) electrons.